The number of phenols is 1. The number of carbonyl (C=O) groups excluding carboxylic acids is 1. The zero-order valence-electron chi connectivity index (χ0n) is 17.6. The summed E-state index contributed by atoms with van der Waals surface area (Å²) in [6.45, 7) is 4.78. The number of piperidine rings is 1. The Hall–Kier alpha value is -2.99. The molecule has 0 amide bonds. The molecule has 1 saturated heterocycles. The molecule has 6 heteroatoms. The molecule has 4 rings (SSSR count). The van der Waals surface area contributed by atoms with Crippen molar-refractivity contribution in [2.24, 2.45) is 5.92 Å². The van der Waals surface area contributed by atoms with E-state index < -0.39 is 0 Å². The van der Waals surface area contributed by atoms with E-state index in [9.17, 15) is 9.90 Å². The molecular formula is C24H27NO5. The second-order valence-corrected chi connectivity index (χ2v) is 7.95. The largest absolute Gasteiger partial charge is 0.507 e. The highest BCUT2D eigenvalue weighted by Gasteiger charge is 2.32. The minimum atomic E-state index is -0.198. The molecule has 2 heterocycles. The van der Waals surface area contributed by atoms with E-state index in [4.69, 9.17) is 14.2 Å². The Kier molecular flexibility index (Phi) is 5.68. The van der Waals surface area contributed by atoms with Crippen LogP contribution in [0.25, 0.3) is 6.08 Å². The minimum Gasteiger partial charge on any atom is -0.507 e. The lowest BCUT2D eigenvalue weighted by molar-refractivity contribution is 0.101. The number of hydrogen-bond donors (Lipinski definition) is 1. The van der Waals surface area contributed by atoms with E-state index >= 15 is 0 Å². The quantitative estimate of drug-likeness (QED) is 0.745. The normalized spacial score (nSPS) is 18.4. The first-order chi connectivity index (χ1) is 14.5. The van der Waals surface area contributed by atoms with E-state index in [2.05, 4.69) is 11.8 Å². The van der Waals surface area contributed by atoms with Gasteiger partial charge < -0.3 is 19.3 Å². The van der Waals surface area contributed by atoms with E-state index in [0.717, 1.165) is 31.8 Å². The SMILES string of the molecule is COc1ccc(C=C2Oc3c(ccc(O)c3CN3CCC(C)CC3)C2=O)c(OC)c1. The van der Waals surface area contributed by atoms with Crippen molar-refractivity contribution >= 4 is 11.9 Å². The van der Waals surface area contributed by atoms with Crippen LogP contribution in [0, 0.1) is 5.92 Å². The molecule has 0 spiro atoms. The summed E-state index contributed by atoms with van der Waals surface area (Å²) in [7, 11) is 3.16. The lowest BCUT2D eigenvalue weighted by atomic mass is 9.98. The first-order valence-corrected chi connectivity index (χ1v) is 10.2. The maximum atomic E-state index is 13.0. The summed E-state index contributed by atoms with van der Waals surface area (Å²) >= 11 is 0. The molecule has 0 radical (unpaired) electrons. The van der Waals surface area contributed by atoms with Crippen molar-refractivity contribution in [3.05, 3.63) is 52.8 Å². The van der Waals surface area contributed by atoms with Crippen LogP contribution in [0.3, 0.4) is 0 Å². The van der Waals surface area contributed by atoms with Crippen molar-refractivity contribution in [3.8, 4) is 23.0 Å². The van der Waals surface area contributed by atoms with Crippen LogP contribution in [0.2, 0.25) is 0 Å². The van der Waals surface area contributed by atoms with Crippen LogP contribution in [-0.2, 0) is 6.54 Å². The van der Waals surface area contributed by atoms with Gasteiger partial charge in [-0.2, -0.15) is 0 Å². The fourth-order valence-corrected chi connectivity index (χ4v) is 3.97. The van der Waals surface area contributed by atoms with Gasteiger partial charge in [0.1, 0.15) is 23.0 Å². The Morgan fingerprint density at radius 2 is 1.93 bits per heavy atom. The molecule has 1 fully saturated rings. The second-order valence-electron chi connectivity index (χ2n) is 7.95. The summed E-state index contributed by atoms with van der Waals surface area (Å²) < 4.78 is 16.6. The van der Waals surface area contributed by atoms with E-state index in [-0.39, 0.29) is 17.3 Å². The predicted octanol–water partition coefficient (Wildman–Crippen LogP) is 4.26. The fraction of sp³-hybridized carbons (Fsp3) is 0.375. The number of rotatable bonds is 5. The van der Waals surface area contributed by atoms with Gasteiger partial charge in [-0.25, -0.2) is 0 Å². The number of ether oxygens (including phenoxy) is 3. The van der Waals surface area contributed by atoms with Gasteiger partial charge in [-0.3, -0.25) is 9.69 Å². The van der Waals surface area contributed by atoms with Crippen molar-refractivity contribution < 1.29 is 24.1 Å². The van der Waals surface area contributed by atoms with E-state index in [1.54, 1.807) is 44.6 Å². The maximum Gasteiger partial charge on any atom is 0.231 e. The number of allylic oxidation sites excluding steroid dienone is 1. The van der Waals surface area contributed by atoms with E-state index in [1.165, 1.54) is 0 Å². The predicted molar refractivity (Wildman–Crippen MR) is 114 cm³/mol. The van der Waals surface area contributed by atoms with Gasteiger partial charge in [0.2, 0.25) is 5.78 Å². The molecule has 0 unspecified atom stereocenters. The Balaban J connectivity index is 1.64. The molecule has 0 saturated carbocycles. The second kappa shape index (κ2) is 8.40. The van der Waals surface area contributed by atoms with Crippen LogP contribution >= 0.6 is 0 Å². The average Bonchev–Trinajstić information content (AvgIpc) is 3.07. The number of benzene rings is 2. The molecular weight excluding hydrogens is 382 g/mol. The molecule has 0 atom stereocenters. The lowest BCUT2D eigenvalue weighted by Gasteiger charge is -2.30. The first kappa shape index (κ1) is 20.3. The highest BCUT2D eigenvalue weighted by Crippen LogP contribution is 2.41. The standard InChI is InChI=1S/C24H27NO5/c1-15-8-10-25(11-9-15)14-19-20(26)7-6-18-23(27)22(30-24(18)19)12-16-4-5-17(28-2)13-21(16)29-3/h4-7,12-13,15,26H,8-11,14H2,1-3H3. The Labute approximate surface area is 176 Å². The molecule has 1 N–H and O–H groups in total. The van der Waals surface area contributed by atoms with E-state index in [1.807, 2.05) is 6.07 Å². The van der Waals surface area contributed by atoms with Crippen LogP contribution in [0.15, 0.2) is 36.1 Å². The van der Waals surface area contributed by atoms with Gasteiger partial charge in [0.15, 0.2) is 5.76 Å². The first-order valence-electron chi connectivity index (χ1n) is 10.2. The molecule has 2 aromatic rings. The number of hydrogen-bond acceptors (Lipinski definition) is 6. The van der Waals surface area contributed by atoms with Crippen molar-refractivity contribution in [1.29, 1.82) is 0 Å². The van der Waals surface area contributed by atoms with Gasteiger partial charge in [-0.05, 0) is 62.2 Å². The number of carbonyl (C=O) groups is 1. The molecule has 0 aliphatic carbocycles. The lowest BCUT2D eigenvalue weighted by Crippen LogP contribution is -2.32. The fourth-order valence-electron chi connectivity index (χ4n) is 3.97. The van der Waals surface area contributed by atoms with Crippen LogP contribution < -0.4 is 14.2 Å². The van der Waals surface area contributed by atoms with Gasteiger partial charge in [0, 0.05) is 18.2 Å². The molecule has 0 bridgehead atoms. The van der Waals surface area contributed by atoms with Crippen molar-refractivity contribution in [1.82, 2.24) is 4.90 Å². The summed E-state index contributed by atoms with van der Waals surface area (Å²) in [6, 6.07) is 8.58. The highest BCUT2D eigenvalue weighted by atomic mass is 16.5. The Morgan fingerprint density at radius 3 is 2.63 bits per heavy atom. The molecule has 158 valence electrons. The molecule has 6 nitrogen and oxygen atoms in total. The summed E-state index contributed by atoms with van der Waals surface area (Å²) in [6.07, 6.45) is 3.94. The third-order valence-corrected chi connectivity index (χ3v) is 5.90. The monoisotopic (exact) mass is 409 g/mol. The Morgan fingerprint density at radius 1 is 1.17 bits per heavy atom. The van der Waals surface area contributed by atoms with Crippen LogP contribution in [-0.4, -0.2) is 43.1 Å². The molecule has 0 aromatic heterocycles. The van der Waals surface area contributed by atoms with Gasteiger partial charge in [-0.15, -0.1) is 0 Å². The van der Waals surface area contributed by atoms with Crippen molar-refractivity contribution in [2.75, 3.05) is 27.3 Å². The number of ketones is 1. The van der Waals surface area contributed by atoms with Gasteiger partial charge >= 0.3 is 0 Å². The summed E-state index contributed by atoms with van der Waals surface area (Å²) in [5.74, 6) is 2.60. The summed E-state index contributed by atoms with van der Waals surface area (Å²) in [5.41, 5.74) is 1.86. The van der Waals surface area contributed by atoms with E-state index in [0.29, 0.717) is 40.5 Å². The van der Waals surface area contributed by atoms with Crippen LogP contribution in [0.4, 0.5) is 0 Å². The van der Waals surface area contributed by atoms with Gasteiger partial charge in [0.25, 0.3) is 0 Å². The van der Waals surface area contributed by atoms with Gasteiger partial charge in [0.05, 0.1) is 25.3 Å². The van der Waals surface area contributed by atoms with Crippen LogP contribution in [0.1, 0.15) is 41.3 Å². The zero-order chi connectivity index (χ0) is 21.3. The molecule has 30 heavy (non-hydrogen) atoms. The number of phenolic OH excluding ortho intramolecular Hbond substituents is 1. The minimum absolute atomic E-state index is 0.156. The number of aromatic hydroxyl groups is 1. The summed E-state index contributed by atoms with van der Waals surface area (Å²) in [4.78, 5) is 15.3. The maximum absolute atomic E-state index is 13.0. The number of methoxy groups -OCH3 is 2. The average molecular weight is 409 g/mol. The summed E-state index contributed by atoms with van der Waals surface area (Å²) in [5, 5.41) is 10.5. The van der Waals surface area contributed by atoms with Crippen LogP contribution in [0.5, 0.6) is 23.0 Å². The number of likely N-dealkylation sites (tertiary alicyclic amines) is 1. The topological polar surface area (TPSA) is 68.2 Å². The molecule has 2 aliphatic rings. The zero-order valence-corrected chi connectivity index (χ0v) is 17.6. The van der Waals surface area contributed by atoms with Crippen molar-refractivity contribution in [3.63, 3.8) is 0 Å². The molecule has 2 aliphatic heterocycles. The molecule has 2 aromatic carbocycles. The number of fused-ring (bicyclic) bond motifs is 1. The smallest absolute Gasteiger partial charge is 0.231 e. The Bertz CT molecular complexity index is 989. The highest BCUT2D eigenvalue weighted by molar-refractivity contribution is 6.15. The third-order valence-electron chi connectivity index (χ3n) is 5.90. The van der Waals surface area contributed by atoms with Crippen molar-refractivity contribution in [2.45, 2.75) is 26.3 Å². The number of Topliss-reactive ketones (excluding diaryl/α,β-unsaturated/α-hetero) is 1. The number of nitrogens with zero attached hydrogens (tertiary/aromatic N) is 1. The van der Waals surface area contributed by atoms with Gasteiger partial charge in [-0.1, -0.05) is 6.92 Å². The third kappa shape index (κ3) is 3.87.